The monoisotopic (exact) mass is 251 g/mol. The number of benzene rings is 1. The highest BCUT2D eigenvalue weighted by Crippen LogP contribution is 2.22. The first-order valence-electron chi connectivity index (χ1n) is 5.78. The number of nitrogens with one attached hydrogen (secondary N) is 2. The number of aromatic nitrogens is 2. The average molecular weight is 251 g/mol. The summed E-state index contributed by atoms with van der Waals surface area (Å²) in [5, 5.41) is 9.78. The Balaban J connectivity index is 2.12. The third-order valence-corrected chi connectivity index (χ3v) is 2.97. The zero-order chi connectivity index (χ0) is 13.1. The van der Waals surface area contributed by atoms with E-state index in [1.807, 2.05) is 6.92 Å². The third-order valence-electron chi connectivity index (χ3n) is 2.97. The zero-order valence-electron chi connectivity index (χ0n) is 10.2. The number of halogens is 2. The van der Waals surface area contributed by atoms with Gasteiger partial charge in [-0.3, -0.25) is 5.10 Å². The van der Waals surface area contributed by atoms with Gasteiger partial charge in [0, 0.05) is 29.4 Å². The summed E-state index contributed by atoms with van der Waals surface area (Å²) < 4.78 is 26.7. The van der Waals surface area contributed by atoms with Crippen molar-refractivity contribution in [1.82, 2.24) is 15.5 Å². The minimum absolute atomic E-state index is 0.00131. The Morgan fingerprint density at radius 3 is 2.67 bits per heavy atom. The molecule has 2 rings (SSSR count). The van der Waals surface area contributed by atoms with Crippen molar-refractivity contribution >= 4 is 0 Å². The van der Waals surface area contributed by atoms with E-state index in [-0.39, 0.29) is 12.1 Å². The molecule has 0 radical (unpaired) electrons. The lowest BCUT2D eigenvalue weighted by molar-refractivity contribution is 0.449. The van der Waals surface area contributed by atoms with E-state index in [1.165, 1.54) is 6.07 Å². The molecule has 2 aromatic rings. The molecule has 0 spiro atoms. The summed E-state index contributed by atoms with van der Waals surface area (Å²) in [6.45, 7) is 3.74. The number of aromatic amines is 1. The van der Waals surface area contributed by atoms with Crippen LogP contribution in [0.2, 0.25) is 0 Å². The molecule has 1 heterocycles. The van der Waals surface area contributed by atoms with E-state index in [0.29, 0.717) is 5.56 Å². The predicted octanol–water partition coefficient (Wildman–Crippen LogP) is 3.10. The van der Waals surface area contributed by atoms with Gasteiger partial charge in [-0.2, -0.15) is 5.10 Å². The van der Waals surface area contributed by atoms with Crippen molar-refractivity contribution in [2.45, 2.75) is 25.9 Å². The van der Waals surface area contributed by atoms with Gasteiger partial charge < -0.3 is 5.32 Å². The van der Waals surface area contributed by atoms with Gasteiger partial charge in [0.25, 0.3) is 0 Å². The first kappa shape index (κ1) is 12.7. The topological polar surface area (TPSA) is 40.7 Å². The molecular weight excluding hydrogens is 236 g/mol. The maximum absolute atomic E-state index is 13.6. The summed E-state index contributed by atoms with van der Waals surface area (Å²) in [7, 11) is 0. The Bertz CT molecular complexity index is 511. The molecule has 0 amide bonds. The average Bonchev–Trinajstić information content (AvgIpc) is 2.86. The molecule has 3 nitrogen and oxygen atoms in total. The van der Waals surface area contributed by atoms with Gasteiger partial charge in [-0.25, -0.2) is 8.78 Å². The van der Waals surface area contributed by atoms with Crippen LogP contribution in [0.3, 0.4) is 0 Å². The van der Waals surface area contributed by atoms with Crippen molar-refractivity contribution < 1.29 is 8.78 Å². The SMILES string of the molecule is CC(NC(C)c1cccc(F)c1F)c1cn[nH]c1. The normalized spacial score (nSPS) is 14.4. The molecule has 5 heteroatoms. The van der Waals surface area contributed by atoms with Crippen LogP contribution in [0.5, 0.6) is 0 Å². The van der Waals surface area contributed by atoms with Crippen LogP contribution < -0.4 is 5.32 Å². The van der Waals surface area contributed by atoms with E-state index in [0.717, 1.165) is 11.6 Å². The van der Waals surface area contributed by atoms with Crippen molar-refractivity contribution in [2.75, 3.05) is 0 Å². The summed E-state index contributed by atoms with van der Waals surface area (Å²) >= 11 is 0. The Labute approximate surface area is 104 Å². The molecular formula is C13H15F2N3. The Kier molecular flexibility index (Phi) is 3.72. The van der Waals surface area contributed by atoms with Crippen LogP contribution in [0.4, 0.5) is 8.78 Å². The maximum Gasteiger partial charge on any atom is 0.163 e. The van der Waals surface area contributed by atoms with E-state index in [4.69, 9.17) is 0 Å². The van der Waals surface area contributed by atoms with Crippen molar-refractivity contribution in [3.8, 4) is 0 Å². The van der Waals surface area contributed by atoms with Crippen LogP contribution >= 0.6 is 0 Å². The van der Waals surface area contributed by atoms with Crippen LogP contribution in [0.25, 0.3) is 0 Å². The van der Waals surface area contributed by atoms with Gasteiger partial charge in [0.2, 0.25) is 0 Å². The molecule has 96 valence electrons. The van der Waals surface area contributed by atoms with Gasteiger partial charge in [0.15, 0.2) is 11.6 Å². The molecule has 0 saturated carbocycles. The van der Waals surface area contributed by atoms with Crippen LogP contribution in [0.1, 0.15) is 37.1 Å². The lowest BCUT2D eigenvalue weighted by Gasteiger charge is -2.20. The molecule has 1 aromatic carbocycles. The highest BCUT2D eigenvalue weighted by Gasteiger charge is 2.16. The van der Waals surface area contributed by atoms with E-state index in [1.54, 1.807) is 25.4 Å². The molecule has 0 saturated heterocycles. The van der Waals surface area contributed by atoms with E-state index in [2.05, 4.69) is 15.5 Å². The van der Waals surface area contributed by atoms with Gasteiger partial charge >= 0.3 is 0 Å². The highest BCUT2D eigenvalue weighted by molar-refractivity contribution is 5.22. The van der Waals surface area contributed by atoms with Crippen LogP contribution in [0.15, 0.2) is 30.6 Å². The van der Waals surface area contributed by atoms with E-state index < -0.39 is 11.6 Å². The fourth-order valence-electron chi connectivity index (χ4n) is 1.91. The fourth-order valence-corrected chi connectivity index (χ4v) is 1.91. The summed E-state index contributed by atoms with van der Waals surface area (Å²) in [6, 6.07) is 3.92. The predicted molar refractivity (Wildman–Crippen MR) is 64.9 cm³/mol. The molecule has 0 bridgehead atoms. The summed E-state index contributed by atoms with van der Waals surface area (Å²) in [5.41, 5.74) is 1.30. The van der Waals surface area contributed by atoms with Crippen molar-refractivity contribution in [3.05, 3.63) is 53.4 Å². The molecule has 18 heavy (non-hydrogen) atoms. The number of hydrogen-bond donors (Lipinski definition) is 2. The lowest BCUT2D eigenvalue weighted by atomic mass is 10.1. The number of H-pyrrole nitrogens is 1. The molecule has 2 N–H and O–H groups in total. The summed E-state index contributed by atoms with van der Waals surface area (Å²) in [4.78, 5) is 0. The van der Waals surface area contributed by atoms with Gasteiger partial charge in [-0.15, -0.1) is 0 Å². The van der Waals surface area contributed by atoms with Gasteiger partial charge in [-0.1, -0.05) is 12.1 Å². The van der Waals surface area contributed by atoms with Gasteiger partial charge in [0.05, 0.1) is 6.20 Å². The van der Waals surface area contributed by atoms with Crippen LogP contribution in [0, 0.1) is 11.6 Å². The molecule has 0 aliphatic carbocycles. The number of nitrogens with zero attached hydrogens (tertiary/aromatic N) is 1. The molecule has 2 atom stereocenters. The number of rotatable bonds is 4. The minimum Gasteiger partial charge on any atom is -0.303 e. The van der Waals surface area contributed by atoms with E-state index in [9.17, 15) is 8.78 Å². The van der Waals surface area contributed by atoms with Gasteiger partial charge in [-0.05, 0) is 19.9 Å². The third kappa shape index (κ3) is 2.56. The van der Waals surface area contributed by atoms with Crippen molar-refractivity contribution in [2.24, 2.45) is 0 Å². The largest absolute Gasteiger partial charge is 0.303 e. The second-order valence-corrected chi connectivity index (χ2v) is 4.28. The molecule has 2 unspecified atom stereocenters. The standard InChI is InChI=1S/C13H15F2N3/c1-8(10-6-16-17-7-10)18-9(2)11-4-3-5-12(14)13(11)15/h3-9,18H,1-2H3,(H,16,17). The Hall–Kier alpha value is -1.75. The molecule has 0 fully saturated rings. The van der Waals surface area contributed by atoms with Crippen molar-refractivity contribution in [1.29, 1.82) is 0 Å². The van der Waals surface area contributed by atoms with E-state index >= 15 is 0 Å². The minimum atomic E-state index is -0.822. The highest BCUT2D eigenvalue weighted by atomic mass is 19.2. The van der Waals surface area contributed by atoms with Gasteiger partial charge in [0.1, 0.15) is 0 Å². The smallest absolute Gasteiger partial charge is 0.163 e. The zero-order valence-corrected chi connectivity index (χ0v) is 10.2. The number of hydrogen-bond acceptors (Lipinski definition) is 2. The molecule has 1 aromatic heterocycles. The second-order valence-electron chi connectivity index (χ2n) is 4.28. The quantitative estimate of drug-likeness (QED) is 0.876. The molecule has 0 aliphatic heterocycles. The Morgan fingerprint density at radius 1 is 1.22 bits per heavy atom. The summed E-state index contributed by atoms with van der Waals surface area (Å²) in [6.07, 6.45) is 3.47. The summed E-state index contributed by atoms with van der Waals surface area (Å²) in [5.74, 6) is -1.62. The first-order valence-corrected chi connectivity index (χ1v) is 5.78. The molecule has 0 aliphatic rings. The van der Waals surface area contributed by atoms with Crippen molar-refractivity contribution in [3.63, 3.8) is 0 Å². The fraction of sp³-hybridized carbons (Fsp3) is 0.308. The van der Waals surface area contributed by atoms with Crippen LogP contribution in [-0.2, 0) is 0 Å². The Morgan fingerprint density at radius 2 is 2.00 bits per heavy atom. The van der Waals surface area contributed by atoms with Crippen LogP contribution in [-0.4, -0.2) is 10.2 Å². The second kappa shape index (κ2) is 5.27. The lowest BCUT2D eigenvalue weighted by Crippen LogP contribution is -2.23. The maximum atomic E-state index is 13.6. The first-order chi connectivity index (χ1) is 8.59.